The standard InChI is InChI=1S/C18H19Cl2NO/c1-9-10(2)12(4)16(13(5)11(9)3)18(22)21-17-14(19)7-6-8-15(17)20/h6-8H,1-5H3,(H,21,22). The van der Waals surface area contributed by atoms with Crippen molar-refractivity contribution >= 4 is 34.8 Å². The highest BCUT2D eigenvalue weighted by atomic mass is 35.5. The molecule has 1 amide bonds. The highest BCUT2D eigenvalue weighted by Crippen LogP contribution is 2.32. The molecule has 22 heavy (non-hydrogen) atoms. The third-order valence-corrected chi connectivity index (χ3v) is 5.06. The van der Waals surface area contributed by atoms with Crippen LogP contribution in [0.25, 0.3) is 0 Å². The van der Waals surface area contributed by atoms with Crippen LogP contribution in [0.15, 0.2) is 18.2 Å². The van der Waals surface area contributed by atoms with Crippen LogP contribution in [-0.2, 0) is 0 Å². The maximum absolute atomic E-state index is 12.7. The van der Waals surface area contributed by atoms with E-state index in [0.29, 0.717) is 21.3 Å². The third kappa shape index (κ3) is 2.86. The van der Waals surface area contributed by atoms with Gasteiger partial charge in [-0.1, -0.05) is 29.3 Å². The van der Waals surface area contributed by atoms with Crippen molar-refractivity contribution in [3.8, 4) is 0 Å². The predicted molar refractivity (Wildman–Crippen MR) is 94.5 cm³/mol. The first-order valence-electron chi connectivity index (χ1n) is 7.08. The van der Waals surface area contributed by atoms with Gasteiger partial charge in [0.05, 0.1) is 15.7 Å². The highest BCUT2D eigenvalue weighted by Gasteiger charge is 2.19. The second-order valence-electron chi connectivity index (χ2n) is 5.55. The molecule has 0 unspecified atom stereocenters. The molecular formula is C18H19Cl2NO. The van der Waals surface area contributed by atoms with E-state index in [4.69, 9.17) is 23.2 Å². The van der Waals surface area contributed by atoms with Gasteiger partial charge in [-0.25, -0.2) is 0 Å². The number of carbonyl (C=O) groups is 1. The van der Waals surface area contributed by atoms with E-state index in [1.54, 1.807) is 18.2 Å². The Labute approximate surface area is 141 Å². The van der Waals surface area contributed by atoms with E-state index >= 15 is 0 Å². The maximum atomic E-state index is 12.7. The summed E-state index contributed by atoms with van der Waals surface area (Å²) in [4.78, 5) is 12.7. The van der Waals surface area contributed by atoms with Crippen LogP contribution in [0.5, 0.6) is 0 Å². The van der Waals surface area contributed by atoms with Crippen LogP contribution in [0.1, 0.15) is 38.2 Å². The van der Waals surface area contributed by atoms with Gasteiger partial charge in [0.2, 0.25) is 0 Å². The Kier molecular flexibility index (Phi) is 4.84. The van der Waals surface area contributed by atoms with E-state index in [1.807, 2.05) is 27.7 Å². The van der Waals surface area contributed by atoms with Crippen molar-refractivity contribution in [2.75, 3.05) is 5.32 Å². The number of para-hydroxylation sites is 1. The van der Waals surface area contributed by atoms with Gasteiger partial charge in [-0.2, -0.15) is 0 Å². The Morgan fingerprint density at radius 3 is 1.68 bits per heavy atom. The van der Waals surface area contributed by atoms with Crippen LogP contribution in [-0.4, -0.2) is 5.91 Å². The van der Waals surface area contributed by atoms with Crippen LogP contribution < -0.4 is 5.32 Å². The van der Waals surface area contributed by atoms with Crippen molar-refractivity contribution < 1.29 is 4.79 Å². The van der Waals surface area contributed by atoms with Crippen LogP contribution in [0.3, 0.4) is 0 Å². The molecular weight excluding hydrogens is 317 g/mol. The number of nitrogens with one attached hydrogen (secondary N) is 1. The molecule has 0 aromatic heterocycles. The molecule has 4 heteroatoms. The van der Waals surface area contributed by atoms with Crippen molar-refractivity contribution in [1.82, 2.24) is 0 Å². The fraction of sp³-hybridized carbons (Fsp3) is 0.278. The zero-order valence-corrected chi connectivity index (χ0v) is 14.9. The maximum Gasteiger partial charge on any atom is 0.256 e. The number of carbonyl (C=O) groups excluding carboxylic acids is 1. The smallest absolute Gasteiger partial charge is 0.256 e. The molecule has 1 N–H and O–H groups in total. The van der Waals surface area contributed by atoms with Gasteiger partial charge in [-0.15, -0.1) is 0 Å². The second-order valence-corrected chi connectivity index (χ2v) is 6.37. The number of anilines is 1. The summed E-state index contributed by atoms with van der Waals surface area (Å²) in [5.41, 5.74) is 6.61. The van der Waals surface area contributed by atoms with Gasteiger partial charge in [0.15, 0.2) is 0 Å². The Bertz CT molecular complexity index is 717. The van der Waals surface area contributed by atoms with Crippen molar-refractivity contribution in [2.24, 2.45) is 0 Å². The Morgan fingerprint density at radius 2 is 1.23 bits per heavy atom. The summed E-state index contributed by atoms with van der Waals surface area (Å²) >= 11 is 12.3. The van der Waals surface area contributed by atoms with Gasteiger partial charge in [0.25, 0.3) is 5.91 Å². The molecule has 0 radical (unpaired) electrons. The molecule has 0 aliphatic rings. The fourth-order valence-corrected chi connectivity index (χ4v) is 3.13. The average molecular weight is 336 g/mol. The van der Waals surface area contributed by atoms with Gasteiger partial charge < -0.3 is 5.32 Å². The van der Waals surface area contributed by atoms with Crippen LogP contribution >= 0.6 is 23.2 Å². The topological polar surface area (TPSA) is 29.1 Å². The summed E-state index contributed by atoms with van der Waals surface area (Å²) in [6, 6.07) is 5.15. The number of hydrogen-bond acceptors (Lipinski definition) is 1. The molecule has 2 aromatic rings. The van der Waals surface area contributed by atoms with Gasteiger partial charge in [0, 0.05) is 5.56 Å². The fourth-order valence-electron chi connectivity index (χ4n) is 2.63. The zero-order valence-electron chi connectivity index (χ0n) is 13.4. The second kappa shape index (κ2) is 6.31. The first-order valence-corrected chi connectivity index (χ1v) is 7.83. The minimum Gasteiger partial charge on any atom is -0.319 e. The summed E-state index contributed by atoms with van der Waals surface area (Å²) in [7, 11) is 0. The van der Waals surface area contributed by atoms with Gasteiger partial charge in [-0.3, -0.25) is 4.79 Å². The molecule has 0 atom stereocenters. The number of halogens is 2. The lowest BCUT2D eigenvalue weighted by molar-refractivity contribution is 0.102. The largest absolute Gasteiger partial charge is 0.319 e. The van der Waals surface area contributed by atoms with E-state index in [2.05, 4.69) is 12.2 Å². The van der Waals surface area contributed by atoms with Gasteiger partial charge in [0.1, 0.15) is 0 Å². The monoisotopic (exact) mass is 335 g/mol. The zero-order chi connectivity index (χ0) is 16.6. The molecule has 0 fully saturated rings. The molecule has 0 aliphatic carbocycles. The van der Waals surface area contributed by atoms with E-state index in [0.717, 1.165) is 22.3 Å². The summed E-state index contributed by atoms with van der Waals surface area (Å²) in [6.45, 7) is 10.1. The minimum absolute atomic E-state index is 0.184. The Morgan fingerprint density at radius 1 is 0.818 bits per heavy atom. The molecule has 0 heterocycles. The first kappa shape index (κ1) is 16.9. The lowest BCUT2D eigenvalue weighted by Gasteiger charge is -2.18. The van der Waals surface area contributed by atoms with Gasteiger partial charge >= 0.3 is 0 Å². The number of benzene rings is 2. The molecule has 2 aromatic carbocycles. The summed E-state index contributed by atoms with van der Waals surface area (Å²) in [5, 5.41) is 3.70. The van der Waals surface area contributed by atoms with Gasteiger partial charge in [-0.05, 0) is 74.6 Å². The highest BCUT2D eigenvalue weighted by molar-refractivity contribution is 6.40. The molecule has 0 aliphatic heterocycles. The van der Waals surface area contributed by atoms with E-state index in [1.165, 1.54) is 5.56 Å². The predicted octanol–water partition coefficient (Wildman–Crippen LogP) is 5.79. The summed E-state index contributed by atoms with van der Waals surface area (Å²) < 4.78 is 0. The molecule has 2 rings (SSSR count). The lowest BCUT2D eigenvalue weighted by Crippen LogP contribution is -2.17. The molecule has 2 nitrogen and oxygen atoms in total. The molecule has 0 spiro atoms. The first-order chi connectivity index (χ1) is 10.3. The summed E-state index contributed by atoms with van der Waals surface area (Å²) in [6.07, 6.45) is 0. The Balaban J connectivity index is 2.52. The minimum atomic E-state index is -0.184. The molecule has 0 bridgehead atoms. The molecule has 0 saturated carbocycles. The Hall–Kier alpha value is -1.51. The number of hydrogen-bond donors (Lipinski definition) is 1. The van der Waals surface area contributed by atoms with Crippen molar-refractivity contribution in [3.63, 3.8) is 0 Å². The molecule has 116 valence electrons. The van der Waals surface area contributed by atoms with Crippen molar-refractivity contribution in [1.29, 1.82) is 0 Å². The SMILES string of the molecule is Cc1c(C)c(C)c(C(=O)Nc2c(Cl)cccc2Cl)c(C)c1C. The average Bonchev–Trinajstić information content (AvgIpc) is 2.47. The number of rotatable bonds is 2. The quantitative estimate of drug-likeness (QED) is 0.739. The van der Waals surface area contributed by atoms with Crippen LogP contribution in [0.4, 0.5) is 5.69 Å². The van der Waals surface area contributed by atoms with Crippen molar-refractivity contribution in [2.45, 2.75) is 34.6 Å². The third-order valence-electron chi connectivity index (χ3n) is 4.43. The lowest BCUT2D eigenvalue weighted by atomic mass is 9.89. The molecule has 0 saturated heterocycles. The van der Waals surface area contributed by atoms with E-state index in [9.17, 15) is 4.79 Å². The normalized spacial score (nSPS) is 10.7. The van der Waals surface area contributed by atoms with Crippen LogP contribution in [0.2, 0.25) is 10.0 Å². The number of amides is 1. The van der Waals surface area contributed by atoms with E-state index in [-0.39, 0.29) is 5.91 Å². The summed E-state index contributed by atoms with van der Waals surface area (Å²) in [5.74, 6) is -0.184. The van der Waals surface area contributed by atoms with E-state index < -0.39 is 0 Å². The van der Waals surface area contributed by atoms with Crippen LogP contribution in [0, 0.1) is 34.6 Å². The van der Waals surface area contributed by atoms with Crippen molar-refractivity contribution in [3.05, 3.63) is 61.6 Å².